The number of carbonyl (C=O) groups excluding carboxylic acids is 1. The van der Waals surface area contributed by atoms with E-state index in [0.717, 1.165) is 17.3 Å². The molecule has 2 N–H and O–H groups in total. The van der Waals surface area contributed by atoms with Gasteiger partial charge in [0.15, 0.2) is 15.5 Å². The Labute approximate surface area is 284 Å². The van der Waals surface area contributed by atoms with Crippen LogP contribution in [0.25, 0.3) is 11.3 Å². The molecule has 6 rings (SSSR count). The van der Waals surface area contributed by atoms with E-state index in [2.05, 4.69) is 35.7 Å². The van der Waals surface area contributed by atoms with Crippen molar-refractivity contribution < 1.29 is 31.9 Å². The Bertz CT molecular complexity index is 1730. The van der Waals surface area contributed by atoms with Crippen molar-refractivity contribution in [2.24, 2.45) is 0 Å². The molecule has 1 atom stereocenters. The van der Waals surface area contributed by atoms with E-state index in [4.69, 9.17) is 24.6 Å². The van der Waals surface area contributed by atoms with E-state index in [0.29, 0.717) is 32.7 Å². The number of alkyl halides is 3. The fourth-order valence-electron chi connectivity index (χ4n) is 6.13. The third-order valence-corrected chi connectivity index (χ3v) is 9.79. The maximum Gasteiger partial charge on any atom is 0.434 e. The van der Waals surface area contributed by atoms with Crippen molar-refractivity contribution in [2.75, 3.05) is 48.4 Å². The van der Waals surface area contributed by atoms with Gasteiger partial charge in [0.05, 0.1) is 31.6 Å². The van der Waals surface area contributed by atoms with E-state index < -0.39 is 50.9 Å². The standard InChI is InChI=1S/C34H38F3N7O4Si/c1-32(2,3)49-48-33(22-10-6-4-7-11-22,23-12-8-5-9-13-23)26-14-17-47-31(45)44(26)27-20-25(40-30(41-27)43-15-18-46-19-16-43)24-21-39-29(38)42-28(24)34(35,36)37/h4-13,20-21,26H,14-19,49H2,1-3H3,(H2,38,39,42)/t26-/m0/s1. The van der Waals surface area contributed by atoms with Crippen LogP contribution in [0.3, 0.4) is 0 Å². The summed E-state index contributed by atoms with van der Waals surface area (Å²) >= 11 is 0. The zero-order valence-electron chi connectivity index (χ0n) is 27.5. The minimum Gasteiger partial charge on any atom is -0.449 e. The first-order chi connectivity index (χ1) is 23.4. The van der Waals surface area contributed by atoms with Crippen LogP contribution in [-0.4, -0.2) is 74.7 Å². The van der Waals surface area contributed by atoms with Gasteiger partial charge in [-0.2, -0.15) is 18.2 Å². The highest BCUT2D eigenvalue weighted by atomic mass is 28.2. The topological polar surface area (TPSA) is 129 Å². The van der Waals surface area contributed by atoms with Crippen LogP contribution in [-0.2, 0) is 25.7 Å². The van der Waals surface area contributed by atoms with Crippen LogP contribution in [0.1, 0.15) is 44.0 Å². The van der Waals surface area contributed by atoms with Gasteiger partial charge in [-0.1, -0.05) is 81.4 Å². The first-order valence-electron chi connectivity index (χ1n) is 16.0. The number of carbonyl (C=O) groups is 1. The van der Waals surface area contributed by atoms with Gasteiger partial charge in [0.25, 0.3) is 0 Å². The second-order valence-corrected chi connectivity index (χ2v) is 15.8. The zero-order valence-corrected chi connectivity index (χ0v) is 28.9. The minimum atomic E-state index is -4.87. The molecule has 0 radical (unpaired) electrons. The van der Waals surface area contributed by atoms with Gasteiger partial charge < -0.3 is 24.5 Å². The molecular formula is C34H38F3N7O4Si. The number of aromatic nitrogens is 4. The van der Waals surface area contributed by atoms with Gasteiger partial charge in [0.2, 0.25) is 11.9 Å². The number of anilines is 3. The van der Waals surface area contributed by atoms with E-state index in [-0.39, 0.29) is 29.1 Å². The second-order valence-electron chi connectivity index (χ2n) is 13.1. The molecule has 0 saturated carbocycles. The Morgan fingerprint density at radius 3 is 2.14 bits per heavy atom. The number of cyclic esters (lactones) is 1. The van der Waals surface area contributed by atoms with Crippen LogP contribution < -0.4 is 15.5 Å². The molecule has 0 bridgehead atoms. The summed E-state index contributed by atoms with van der Waals surface area (Å²) in [6, 6.07) is 20.0. The minimum absolute atomic E-state index is 0.0448. The number of nitrogen functional groups attached to an aromatic ring is 1. The first kappa shape index (κ1) is 34.3. The summed E-state index contributed by atoms with van der Waals surface area (Å²) in [5.41, 5.74) is 4.25. The lowest BCUT2D eigenvalue weighted by Gasteiger charge is -2.48. The summed E-state index contributed by atoms with van der Waals surface area (Å²) in [6.45, 7) is 7.96. The number of halogens is 3. The number of ether oxygens (including phenoxy) is 2. The summed E-state index contributed by atoms with van der Waals surface area (Å²) < 4.78 is 61.4. The molecule has 2 aromatic carbocycles. The van der Waals surface area contributed by atoms with Crippen molar-refractivity contribution in [3.05, 3.63) is 89.7 Å². The molecule has 0 spiro atoms. The maximum absolute atomic E-state index is 14.3. The van der Waals surface area contributed by atoms with Crippen molar-refractivity contribution in [1.82, 2.24) is 19.9 Å². The predicted octanol–water partition coefficient (Wildman–Crippen LogP) is 5.35. The summed E-state index contributed by atoms with van der Waals surface area (Å²) in [7, 11) is -1.29. The van der Waals surface area contributed by atoms with E-state index >= 15 is 0 Å². The molecule has 4 aromatic rings. The maximum atomic E-state index is 14.3. The molecule has 0 aliphatic carbocycles. The van der Waals surface area contributed by atoms with Crippen LogP contribution in [0, 0.1) is 0 Å². The highest BCUT2D eigenvalue weighted by molar-refractivity contribution is 6.32. The number of hydrogen-bond acceptors (Lipinski definition) is 10. The lowest BCUT2D eigenvalue weighted by molar-refractivity contribution is -0.140. The quantitative estimate of drug-likeness (QED) is 0.241. The third-order valence-electron chi connectivity index (χ3n) is 8.33. The van der Waals surface area contributed by atoms with Gasteiger partial charge >= 0.3 is 12.3 Å². The van der Waals surface area contributed by atoms with Gasteiger partial charge in [0.1, 0.15) is 11.4 Å². The zero-order chi connectivity index (χ0) is 34.8. The molecule has 11 nitrogen and oxygen atoms in total. The fraction of sp³-hybridized carbons (Fsp3) is 0.382. The number of rotatable bonds is 8. The third kappa shape index (κ3) is 7.23. The number of benzene rings is 2. The van der Waals surface area contributed by atoms with Crippen LogP contribution in [0.5, 0.6) is 0 Å². The Morgan fingerprint density at radius 2 is 1.55 bits per heavy atom. The van der Waals surface area contributed by atoms with Crippen LogP contribution in [0.4, 0.5) is 35.7 Å². The SMILES string of the molecule is CC(C)(C)[SiH2]OC(c1ccccc1)(c1ccccc1)[C@@H]1CCOC(=O)N1c1cc(-c2cnc(N)nc2C(F)(F)F)nc(N2CCOCC2)n1. The predicted molar refractivity (Wildman–Crippen MR) is 181 cm³/mol. The fourth-order valence-corrected chi connectivity index (χ4v) is 7.31. The van der Waals surface area contributed by atoms with E-state index in [1.807, 2.05) is 60.7 Å². The Hall–Kier alpha value is -4.60. The summed E-state index contributed by atoms with van der Waals surface area (Å²) in [5.74, 6) is -0.370. The summed E-state index contributed by atoms with van der Waals surface area (Å²) in [4.78, 5) is 34.0. The Kier molecular flexibility index (Phi) is 9.60. The molecule has 49 heavy (non-hydrogen) atoms. The summed E-state index contributed by atoms with van der Waals surface area (Å²) in [5, 5.41) is -0.135. The van der Waals surface area contributed by atoms with Crippen molar-refractivity contribution in [2.45, 2.75) is 50.0 Å². The van der Waals surface area contributed by atoms with E-state index in [9.17, 15) is 18.0 Å². The lowest BCUT2D eigenvalue weighted by Crippen LogP contribution is -2.59. The molecule has 2 saturated heterocycles. The van der Waals surface area contributed by atoms with E-state index in [1.54, 1.807) is 4.90 Å². The van der Waals surface area contributed by atoms with E-state index in [1.165, 1.54) is 11.0 Å². The molecule has 4 heterocycles. The first-order valence-corrected chi connectivity index (χ1v) is 17.3. The molecular weight excluding hydrogens is 655 g/mol. The number of nitrogens with zero attached hydrogens (tertiary/aromatic N) is 6. The molecule has 258 valence electrons. The number of morpholine rings is 1. The molecule has 2 fully saturated rings. The van der Waals surface area contributed by atoms with Crippen LogP contribution in [0.2, 0.25) is 5.04 Å². The number of amides is 1. The van der Waals surface area contributed by atoms with Crippen LogP contribution in [0.15, 0.2) is 72.9 Å². The van der Waals surface area contributed by atoms with Crippen molar-refractivity contribution >= 4 is 33.6 Å². The molecule has 2 aromatic heterocycles. The lowest BCUT2D eigenvalue weighted by atomic mass is 9.78. The Morgan fingerprint density at radius 1 is 0.918 bits per heavy atom. The molecule has 0 unspecified atom stereocenters. The largest absolute Gasteiger partial charge is 0.449 e. The average Bonchev–Trinajstić information content (AvgIpc) is 3.09. The van der Waals surface area contributed by atoms with Gasteiger partial charge in [0, 0.05) is 37.3 Å². The molecule has 2 aliphatic rings. The second kappa shape index (κ2) is 13.7. The van der Waals surface area contributed by atoms with Gasteiger partial charge in [-0.15, -0.1) is 0 Å². The smallest absolute Gasteiger partial charge is 0.434 e. The van der Waals surface area contributed by atoms with Gasteiger partial charge in [-0.3, -0.25) is 4.90 Å². The van der Waals surface area contributed by atoms with Crippen molar-refractivity contribution in [3.63, 3.8) is 0 Å². The molecule has 2 aliphatic heterocycles. The van der Waals surface area contributed by atoms with Crippen LogP contribution >= 0.6 is 0 Å². The number of nitrogens with two attached hydrogens (primary N) is 1. The van der Waals surface area contributed by atoms with Crippen molar-refractivity contribution in [1.29, 1.82) is 0 Å². The molecule has 1 amide bonds. The summed E-state index contributed by atoms with van der Waals surface area (Å²) in [6.07, 6.45) is -4.26. The number of hydrogen-bond donors (Lipinski definition) is 1. The highest BCUT2D eigenvalue weighted by Gasteiger charge is 2.51. The monoisotopic (exact) mass is 693 g/mol. The average molecular weight is 694 g/mol. The van der Waals surface area contributed by atoms with Crippen molar-refractivity contribution in [3.8, 4) is 11.3 Å². The highest BCUT2D eigenvalue weighted by Crippen LogP contribution is 2.45. The molecule has 15 heteroatoms. The normalized spacial score (nSPS) is 17.8. The Balaban J connectivity index is 1.60. The van der Waals surface area contributed by atoms with Gasteiger partial charge in [-0.25, -0.2) is 19.7 Å². The van der Waals surface area contributed by atoms with Gasteiger partial charge in [-0.05, 0) is 16.2 Å².